The minimum absolute atomic E-state index is 0.216. The third-order valence-electron chi connectivity index (χ3n) is 6.63. The van der Waals surface area contributed by atoms with E-state index in [1.165, 1.54) is 7.11 Å². The van der Waals surface area contributed by atoms with E-state index in [1.54, 1.807) is 30.3 Å². The first-order chi connectivity index (χ1) is 17.2. The molecule has 1 aliphatic rings. The van der Waals surface area contributed by atoms with Crippen LogP contribution in [0.2, 0.25) is 0 Å². The molecule has 186 valence electrons. The van der Waals surface area contributed by atoms with E-state index in [0.717, 1.165) is 22.3 Å². The Balaban J connectivity index is 1.49. The van der Waals surface area contributed by atoms with Gasteiger partial charge in [-0.15, -0.1) is 0 Å². The second-order valence-electron chi connectivity index (χ2n) is 8.88. The molecule has 0 spiro atoms. The maximum absolute atomic E-state index is 13.1. The summed E-state index contributed by atoms with van der Waals surface area (Å²) in [6.45, 7) is 2.10. The molecule has 4 N–H and O–H groups in total. The minimum Gasteiger partial charge on any atom is -0.493 e. The van der Waals surface area contributed by atoms with Crippen LogP contribution in [-0.4, -0.2) is 42.1 Å². The van der Waals surface area contributed by atoms with Crippen LogP contribution in [0.25, 0.3) is 0 Å². The SMILES string of the molecule is COc1ccc(C(=O)NC2(C(=O)O)Cc3ccccc3C2)cc1OCCc1cccc(C(N)=O)c1C. The third-order valence-corrected chi connectivity index (χ3v) is 6.63. The predicted octanol–water partition coefficient (Wildman–Crippen LogP) is 3.08. The van der Waals surface area contributed by atoms with Gasteiger partial charge in [-0.1, -0.05) is 36.4 Å². The molecule has 0 radical (unpaired) electrons. The maximum atomic E-state index is 13.1. The van der Waals surface area contributed by atoms with E-state index in [4.69, 9.17) is 15.2 Å². The molecule has 0 aromatic heterocycles. The summed E-state index contributed by atoms with van der Waals surface area (Å²) >= 11 is 0. The van der Waals surface area contributed by atoms with Crippen molar-refractivity contribution >= 4 is 17.8 Å². The number of aliphatic carboxylic acids is 1. The Hall–Kier alpha value is -4.33. The number of benzene rings is 3. The summed E-state index contributed by atoms with van der Waals surface area (Å²) in [6, 6.07) is 17.6. The fourth-order valence-electron chi connectivity index (χ4n) is 4.62. The van der Waals surface area contributed by atoms with Gasteiger partial charge in [0.1, 0.15) is 5.54 Å². The van der Waals surface area contributed by atoms with Crippen LogP contribution in [0.4, 0.5) is 0 Å². The highest BCUT2D eigenvalue weighted by Crippen LogP contribution is 2.32. The van der Waals surface area contributed by atoms with Gasteiger partial charge in [0, 0.05) is 30.4 Å². The molecule has 36 heavy (non-hydrogen) atoms. The average molecular weight is 489 g/mol. The standard InChI is InChI=1S/C28H28N2O6/c1-17-18(8-5-9-22(17)25(29)31)12-13-36-24-14-19(10-11-23(24)35-2)26(32)30-28(27(33)34)15-20-6-3-4-7-21(20)16-28/h3-11,14H,12-13,15-16H2,1-2H3,(H2,29,31)(H,30,32)(H,33,34). The molecule has 0 heterocycles. The van der Waals surface area contributed by atoms with Crippen LogP contribution in [0.5, 0.6) is 11.5 Å². The highest BCUT2D eigenvalue weighted by molar-refractivity contribution is 5.99. The second kappa shape index (κ2) is 10.1. The summed E-state index contributed by atoms with van der Waals surface area (Å²) in [5.41, 5.74) is 8.29. The van der Waals surface area contributed by atoms with Crippen molar-refractivity contribution in [2.24, 2.45) is 5.73 Å². The second-order valence-corrected chi connectivity index (χ2v) is 8.88. The van der Waals surface area contributed by atoms with Crippen molar-refractivity contribution in [3.63, 3.8) is 0 Å². The molecular weight excluding hydrogens is 460 g/mol. The molecule has 0 fully saturated rings. The summed E-state index contributed by atoms with van der Waals surface area (Å²) < 4.78 is 11.3. The van der Waals surface area contributed by atoms with Gasteiger partial charge in [-0.2, -0.15) is 0 Å². The van der Waals surface area contributed by atoms with E-state index < -0.39 is 23.3 Å². The fourth-order valence-corrected chi connectivity index (χ4v) is 4.62. The van der Waals surface area contributed by atoms with Crippen LogP contribution in [-0.2, 0) is 24.1 Å². The molecule has 0 unspecified atom stereocenters. The van der Waals surface area contributed by atoms with E-state index in [2.05, 4.69) is 5.32 Å². The zero-order valence-electron chi connectivity index (χ0n) is 20.2. The number of rotatable bonds is 9. The first kappa shape index (κ1) is 24.8. The van der Waals surface area contributed by atoms with Gasteiger partial charge in [0.15, 0.2) is 11.5 Å². The van der Waals surface area contributed by atoms with Crippen LogP contribution >= 0.6 is 0 Å². The first-order valence-electron chi connectivity index (χ1n) is 11.6. The lowest BCUT2D eigenvalue weighted by molar-refractivity contribution is -0.144. The molecule has 8 nitrogen and oxygen atoms in total. The van der Waals surface area contributed by atoms with Gasteiger partial charge in [-0.3, -0.25) is 9.59 Å². The van der Waals surface area contributed by atoms with Crippen LogP contribution in [0.1, 0.15) is 43.0 Å². The van der Waals surface area contributed by atoms with Crippen molar-refractivity contribution in [3.05, 3.63) is 94.0 Å². The van der Waals surface area contributed by atoms with Gasteiger partial charge in [-0.05, 0) is 53.4 Å². The van der Waals surface area contributed by atoms with Gasteiger partial charge in [0.25, 0.3) is 5.91 Å². The Labute approximate surface area is 209 Å². The number of primary amides is 1. The number of methoxy groups -OCH3 is 1. The monoisotopic (exact) mass is 488 g/mol. The van der Waals surface area contributed by atoms with Gasteiger partial charge in [0.05, 0.1) is 13.7 Å². The maximum Gasteiger partial charge on any atom is 0.330 e. The van der Waals surface area contributed by atoms with Crippen molar-refractivity contribution in [3.8, 4) is 11.5 Å². The largest absolute Gasteiger partial charge is 0.493 e. The molecule has 4 rings (SSSR count). The summed E-state index contributed by atoms with van der Waals surface area (Å²) in [6.07, 6.45) is 0.938. The lowest BCUT2D eigenvalue weighted by atomic mass is 9.95. The van der Waals surface area contributed by atoms with E-state index in [-0.39, 0.29) is 25.0 Å². The molecule has 3 aromatic carbocycles. The number of hydrogen-bond acceptors (Lipinski definition) is 5. The molecule has 0 atom stereocenters. The molecule has 2 amide bonds. The van der Waals surface area contributed by atoms with Crippen molar-refractivity contribution in [2.45, 2.75) is 31.7 Å². The van der Waals surface area contributed by atoms with Gasteiger partial charge in [-0.25, -0.2) is 4.79 Å². The Morgan fingerprint density at radius 3 is 2.31 bits per heavy atom. The molecule has 3 aromatic rings. The minimum atomic E-state index is -1.41. The van der Waals surface area contributed by atoms with Gasteiger partial charge < -0.3 is 25.6 Å². The van der Waals surface area contributed by atoms with Crippen LogP contribution in [0, 0.1) is 6.92 Å². The lowest BCUT2D eigenvalue weighted by Gasteiger charge is -2.25. The normalized spacial score (nSPS) is 13.5. The van der Waals surface area contributed by atoms with Crippen LogP contribution in [0.15, 0.2) is 60.7 Å². The third kappa shape index (κ3) is 4.88. The smallest absolute Gasteiger partial charge is 0.330 e. The van der Waals surface area contributed by atoms with E-state index >= 15 is 0 Å². The van der Waals surface area contributed by atoms with Crippen LogP contribution in [0.3, 0.4) is 0 Å². The van der Waals surface area contributed by atoms with Crippen molar-refractivity contribution < 1.29 is 29.0 Å². The molecule has 0 saturated heterocycles. The Bertz CT molecular complexity index is 1310. The number of hydrogen-bond donors (Lipinski definition) is 3. The zero-order chi connectivity index (χ0) is 25.9. The number of nitrogens with two attached hydrogens (primary N) is 1. The predicted molar refractivity (Wildman–Crippen MR) is 134 cm³/mol. The fraction of sp³-hybridized carbons (Fsp3) is 0.250. The number of amides is 2. The topological polar surface area (TPSA) is 128 Å². The number of carboxylic acids is 1. The zero-order valence-corrected chi connectivity index (χ0v) is 20.2. The van der Waals surface area contributed by atoms with Crippen LogP contribution < -0.4 is 20.5 Å². The van der Waals surface area contributed by atoms with Crippen molar-refractivity contribution in [1.29, 1.82) is 0 Å². The number of carbonyl (C=O) groups excluding carboxylic acids is 2. The highest BCUT2D eigenvalue weighted by atomic mass is 16.5. The number of carboxylic acid groups (broad SMARTS) is 1. The molecule has 0 bridgehead atoms. The van der Waals surface area contributed by atoms with E-state index in [0.29, 0.717) is 23.5 Å². The summed E-state index contributed by atoms with van der Waals surface area (Å²) in [7, 11) is 1.50. The highest BCUT2D eigenvalue weighted by Gasteiger charge is 2.45. The number of ether oxygens (including phenoxy) is 2. The molecule has 1 aliphatic carbocycles. The average Bonchev–Trinajstić information content (AvgIpc) is 3.24. The quantitative estimate of drug-likeness (QED) is 0.425. The van der Waals surface area contributed by atoms with Crippen molar-refractivity contribution in [2.75, 3.05) is 13.7 Å². The molecule has 0 saturated carbocycles. The Morgan fingerprint density at radius 2 is 1.69 bits per heavy atom. The summed E-state index contributed by atoms with van der Waals surface area (Å²) in [5, 5.41) is 12.7. The molecular formula is C28H28N2O6. The number of carbonyl (C=O) groups is 3. The summed E-state index contributed by atoms with van der Waals surface area (Å²) in [5.74, 6) is -1.28. The summed E-state index contributed by atoms with van der Waals surface area (Å²) in [4.78, 5) is 37.0. The van der Waals surface area contributed by atoms with Gasteiger partial charge >= 0.3 is 5.97 Å². The first-order valence-corrected chi connectivity index (χ1v) is 11.6. The lowest BCUT2D eigenvalue weighted by Crippen LogP contribution is -2.55. The molecule has 8 heteroatoms. The van der Waals surface area contributed by atoms with E-state index in [1.807, 2.05) is 37.3 Å². The van der Waals surface area contributed by atoms with Crippen molar-refractivity contribution in [1.82, 2.24) is 5.32 Å². The van der Waals surface area contributed by atoms with E-state index in [9.17, 15) is 19.5 Å². The number of nitrogens with one attached hydrogen (secondary N) is 1. The molecule has 0 aliphatic heterocycles. The Kier molecular flexibility index (Phi) is 6.96. The van der Waals surface area contributed by atoms with Gasteiger partial charge in [0.2, 0.25) is 5.91 Å². The Morgan fingerprint density at radius 1 is 1.00 bits per heavy atom. The number of fused-ring (bicyclic) bond motifs is 1.